The Hall–Kier alpha value is -2.83. The zero-order valence-corrected chi connectivity index (χ0v) is 11.1. The van der Waals surface area contributed by atoms with Crippen molar-refractivity contribution in [3.05, 3.63) is 30.1 Å². The van der Waals surface area contributed by atoms with Gasteiger partial charge in [-0.2, -0.15) is 0 Å². The highest BCUT2D eigenvalue weighted by Crippen LogP contribution is 2.31. The third kappa shape index (κ3) is 2.61. The average molecular weight is 274 g/mol. The van der Waals surface area contributed by atoms with E-state index in [1.165, 1.54) is 6.33 Å². The molecule has 0 saturated carbocycles. The molecule has 0 amide bonds. The van der Waals surface area contributed by atoms with Crippen molar-refractivity contribution in [2.75, 3.05) is 25.3 Å². The Bertz CT molecular complexity index is 631. The number of aldehydes is 1. The van der Waals surface area contributed by atoms with Crippen molar-refractivity contribution in [2.45, 2.75) is 0 Å². The summed E-state index contributed by atoms with van der Waals surface area (Å²) in [6, 6.07) is 5.24. The number of rotatable bonds is 5. The second-order valence-electron chi connectivity index (χ2n) is 3.83. The Balaban J connectivity index is 2.35. The molecule has 0 saturated heterocycles. The van der Waals surface area contributed by atoms with Crippen LogP contribution in [-0.2, 0) is 0 Å². The first kappa shape index (κ1) is 13.6. The molecule has 1 heterocycles. The van der Waals surface area contributed by atoms with Crippen LogP contribution in [-0.4, -0.2) is 30.5 Å². The Morgan fingerprint density at radius 3 is 2.60 bits per heavy atom. The number of hydrogen-bond acceptors (Lipinski definition) is 7. The number of benzene rings is 1. The van der Waals surface area contributed by atoms with Crippen LogP contribution in [0, 0.1) is 0 Å². The van der Waals surface area contributed by atoms with Crippen molar-refractivity contribution in [2.24, 2.45) is 0 Å². The predicted molar refractivity (Wildman–Crippen MR) is 74.7 cm³/mol. The highest BCUT2D eigenvalue weighted by Gasteiger charge is 2.10. The van der Waals surface area contributed by atoms with Gasteiger partial charge in [0.2, 0.25) is 0 Å². The summed E-state index contributed by atoms with van der Waals surface area (Å²) in [5.41, 5.74) is 6.51. The van der Waals surface area contributed by atoms with Crippen LogP contribution in [0.15, 0.2) is 24.5 Å². The third-order valence-corrected chi connectivity index (χ3v) is 2.68. The second kappa shape index (κ2) is 5.87. The fourth-order valence-corrected chi connectivity index (χ4v) is 1.68. The van der Waals surface area contributed by atoms with E-state index < -0.39 is 0 Å². The molecule has 3 N–H and O–H groups in total. The topological polar surface area (TPSA) is 99.4 Å². The van der Waals surface area contributed by atoms with Crippen LogP contribution in [0.3, 0.4) is 0 Å². The van der Waals surface area contributed by atoms with Crippen LogP contribution in [0.25, 0.3) is 0 Å². The monoisotopic (exact) mass is 274 g/mol. The number of anilines is 3. The number of carbonyl (C=O) groups excluding carboxylic acids is 1. The molecule has 0 spiro atoms. The smallest absolute Gasteiger partial charge is 0.162 e. The third-order valence-electron chi connectivity index (χ3n) is 2.68. The normalized spacial score (nSPS) is 9.90. The summed E-state index contributed by atoms with van der Waals surface area (Å²) < 4.78 is 10.4. The maximum Gasteiger partial charge on any atom is 0.162 e. The number of carbonyl (C=O) groups is 1. The summed E-state index contributed by atoms with van der Waals surface area (Å²) in [5.74, 6) is 1.63. The largest absolute Gasteiger partial charge is 0.493 e. The summed E-state index contributed by atoms with van der Waals surface area (Å²) in [7, 11) is 3.10. The number of nitrogens with one attached hydrogen (secondary N) is 1. The van der Waals surface area contributed by atoms with Gasteiger partial charge >= 0.3 is 0 Å². The van der Waals surface area contributed by atoms with Gasteiger partial charge in [-0.1, -0.05) is 0 Å². The standard InChI is InChI=1S/C13H14N4O3/c1-19-10-4-3-8(5-11(10)20-2)17-13-9(6-18)12(14)15-7-16-13/h3-7H,1-2H3,(H3,14,15,16,17). The fourth-order valence-electron chi connectivity index (χ4n) is 1.68. The van der Waals surface area contributed by atoms with Crippen molar-refractivity contribution in [3.8, 4) is 11.5 Å². The number of aromatic nitrogens is 2. The van der Waals surface area contributed by atoms with E-state index in [1.54, 1.807) is 32.4 Å². The number of hydrogen-bond donors (Lipinski definition) is 2. The number of ether oxygens (including phenoxy) is 2. The lowest BCUT2D eigenvalue weighted by molar-refractivity contribution is 0.112. The van der Waals surface area contributed by atoms with Gasteiger partial charge in [-0.05, 0) is 12.1 Å². The average Bonchev–Trinajstić information content (AvgIpc) is 2.47. The summed E-state index contributed by atoms with van der Waals surface area (Å²) in [5, 5.41) is 2.99. The van der Waals surface area contributed by atoms with Gasteiger partial charge in [0.05, 0.1) is 19.8 Å². The first-order valence-electron chi connectivity index (χ1n) is 5.74. The van der Waals surface area contributed by atoms with E-state index in [0.717, 1.165) is 0 Å². The Kier molecular flexibility index (Phi) is 3.99. The lowest BCUT2D eigenvalue weighted by Crippen LogP contribution is -2.04. The van der Waals surface area contributed by atoms with E-state index in [9.17, 15) is 4.79 Å². The molecular formula is C13H14N4O3. The molecule has 1 aromatic heterocycles. The van der Waals surface area contributed by atoms with Gasteiger partial charge in [-0.25, -0.2) is 9.97 Å². The molecule has 0 radical (unpaired) electrons. The molecule has 7 nitrogen and oxygen atoms in total. The molecule has 20 heavy (non-hydrogen) atoms. The summed E-state index contributed by atoms with van der Waals surface area (Å²) in [6.07, 6.45) is 1.89. The summed E-state index contributed by atoms with van der Waals surface area (Å²) >= 11 is 0. The van der Waals surface area contributed by atoms with Gasteiger partial charge in [0.1, 0.15) is 18.0 Å². The highest BCUT2D eigenvalue weighted by molar-refractivity contribution is 5.89. The predicted octanol–water partition coefficient (Wildman–Crippen LogP) is 1.63. The minimum Gasteiger partial charge on any atom is -0.493 e. The van der Waals surface area contributed by atoms with Crippen LogP contribution in [0.2, 0.25) is 0 Å². The van der Waals surface area contributed by atoms with Gasteiger partial charge in [0, 0.05) is 11.8 Å². The van der Waals surface area contributed by atoms with Gasteiger partial charge in [-0.15, -0.1) is 0 Å². The van der Waals surface area contributed by atoms with E-state index in [-0.39, 0.29) is 11.4 Å². The van der Waals surface area contributed by atoms with Crippen molar-refractivity contribution < 1.29 is 14.3 Å². The molecule has 0 aliphatic rings. The molecule has 0 bridgehead atoms. The molecule has 0 atom stereocenters. The van der Waals surface area contributed by atoms with Crippen LogP contribution in [0.5, 0.6) is 11.5 Å². The molecule has 0 unspecified atom stereocenters. The molecule has 104 valence electrons. The molecule has 2 aromatic rings. The van der Waals surface area contributed by atoms with E-state index in [1.807, 2.05) is 0 Å². The Labute approximate surface area is 115 Å². The Morgan fingerprint density at radius 2 is 1.95 bits per heavy atom. The van der Waals surface area contributed by atoms with Crippen molar-refractivity contribution in [1.29, 1.82) is 0 Å². The summed E-state index contributed by atoms with van der Waals surface area (Å²) in [6.45, 7) is 0. The lowest BCUT2D eigenvalue weighted by atomic mass is 10.2. The molecular weight excluding hydrogens is 260 g/mol. The van der Waals surface area contributed by atoms with E-state index in [2.05, 4.69) is 15.3 Å². The van der Waals surface area contributed by atoms with Gasteiger partial charge < -0.3 is 20.5 Å². The second-order valence-corrected chi connectivity index (χ2v) is 3.83. The fraction of sp³-hybridized carbons (Fsp3) is 0.154. The zero-order chi connectivity index (χ0) is 14.5. The van der Waals surface area contributed by atoms with Crippen molar-refractivity contribution >= 4 is 23.6 Å². The first-order valence-corrected chi connectivity index (χ1v) is 5.74. The molecule has 1 aromatic carbocycles. The minimum atomic E-state index is 0.123. The van der Waals surface area contributed by atoms with Crippen LogP contribution in [0.1, 0.15) is 10.4 Å². The summed E-state index contributed by atoms with van der Waals surface area (Å²) in [4.78, 5) is 18.8. The maximum absolute atomic E-state index is 11.0. The number of methoxy groups -OCH3 is 2. The minimum absolute atomic E-state index is 0.123. The lowest BCUT2D eigenvalue weighted by Gasteiger charge is -2.12. The van der Waals surface area contributed by atoms with Gasteiger partial charge in [0.15, 0.2) is 17.8 Å². The maximum atomic E-state index is 11.0. The van der Waals surface area contributed by atoms with E-state index in [4.69, 9.17) is 15.2 Å². The van der Waals surface area contributed by atoms with Crippen LogP contribution < -0.4 is 20.5 Å². The molecule has 0 aliphatic heterocycles. The van der Waals surface area contributed by atoms with Gasteiger partial charge in [0.25, 0.3) is 0 Å². The number of nitrogens with zero attached hydrogens (tertiary/aromatic N) is 2. The quantitative estimate of drug-likeness (QED) is 0.799. The van der Waals surface area contributed by atoms with Crippen molar-refractivity contribution in [1.82, 2.24) is 9.97 Å². The number of nitrogens with two attached hydrogens (primary N) is 1. The molecule has 2 rings (SSSR count). The molecule has 0 aliphatic carbocycles. The first-order chi connectivity index (χ1) is 9.69. The zero-order valence-electron chi connectivity index (χ0n) is 11.1. The van der Waals surface area contributed by atoms with Crippen molar-refractivity contribution in [3.63, 3.8) is 0 Å². The van der Waals surface area contributed by atoms with E-state index >= 15 is 0 Å². The Morgan fingerprint density at radius 1 is 1.20 bits per heavy atom. The SMILES string of the molecule is COc1ccc(Nc2ncnc(N)c2C=O)cc1OC. The molecule has 0 fully saturated rings. The highest BCUT2D eigenvalue weighted by atomic mass is 16.5. The van der Waals surface area contributed by atoms with Crippen LogP contribution in [0.4, 0.5) is 17.3 Å². The van der Waals surface area contributed by atoms with E-state index in [0.29, 0.717) is 29.3 Å². The van der Waals surface area contributed by atoms with Crippen LogP contribution >= 0.6 is 0 Å². The number of nitrogen functional groups attached to an aromatic ring is 1. The van der Waals surface area contributed by atoms with Gasteiger partial charge in [-0.3, -0.25) is 4.79 Å². The molecule has 7 heteroatoms.